The van der Waals surface area contributed by atoms with Crippen LogP contribution in [0.5, 0.6) is 0 Å². The number of alkyl halides is 1. The summed E-state index contributed by atoms with van der Waals surface area (Å²) in [5.74, 6) is 0.497. The molecule has 0 N–H and O–H groups in total. The van der Waals surface area contributed by atoms with E-state index in [9.17, 15) is 0 Å². The molecule has 14 heavy (non-hydrogen) atoms. The van der Waals surface area contributed by atoms with Gasteiger partial charge in [0, 0.05) is 6.20 Å². The van der Waals surface area contributed by atoms with Crippen molar-refractivity contribution >= 4 is 22.9 Å². The summed E-state index contributed by atoms with van der Waals surface area (Å²) in [6.45, 7) is 2.11. The number of rotatable bonds is 2. The number of halogens is 1. The zero-order chi connectivity index (χ0) is 9.97. The van der Waals surface area contributed by atoms with E-state index in [4.69, 9.17) is 11.6 Å². The lowest BCUT2D eigenvalue weighted by Gasteiger charge is -2.00. The van der Waals surface area contributed by atoms with Gasteiger partial charge in [-0.05, 0) is 18.1 Å². The molecule has 2 rings (SSSR count). The quantitative estimate of drug-likeness (QED) is 0.705. The summed E-state index contributed by atoms with van der Waals surface area (Å²) in [6, 6.07) is 8.31. The van der Waals surface area contributed by atoms with Gasteiger partial charge in [0.15, 0.2) is 0 Å². The Labute approximate surface area is 92.4 Å². The van der Waals surface area contributed by atoms with E-state index in [1.807, 2.05) is 18.3 Å². The van der Waals surface area contributed by atoms with Crippen LogP contribution in [0.4, 0.5) is 0 Å². The van der Waals surface area contributed by atoms with Crippen LogP contribution in [0.1, 0.15) is 10.6 Å². The van der Waals surface area contributed by atoms with Gasteiger partial charge >= 0.3 is 0 Å². The van der Waals surface area contributed by atoms with Crippen molar-refractivity contribution in [3.8, 4) is 10.4 Å². The number of aromatic nitrogens is 1. The highest BCUT2D eigenvalue weighted by Crippen LogP contribution is 2.28. The van der Waals surface area contributed by atoms with E-state index in [0.717, 1.165) is 5.01 Å². The van der Waals surface area contributed by atoms with Crippen LogP contribution in [0, 0.1) is 6.92 Å². The normalized spacial score (nSPS) is 10.4. The number of aryl methyl sites for hydroxylation is 1. The second kappa shape index (κ2) is 4.11. The molecular weight excluding hydrogens is 214 g/mol. The van der Waals surface area contributed by atoms with Gasteiger partial charge in [-0.2, -0.15) is 0 Å². The zero-order valence-corrected chi connectivity index (χ0v) is 9.40. The maximum Gasteiger partial charge on any atom is 0.108 e. The maximum atomic E-state index is 5.72. The summed E-state index contributed by atoms with van der Waals surface area (Å²) in [4.78, 5) is 5.43. The largest absolute Gasteiger partial charge is 0.248 e. The lowest BCUT2D eigenvalue weighted by Crippen LogP contribution is -1.77. The Morgan fingerprint density at radius 3 is 2.79 bits per heavy atom. The molecule has 0 amide bonds. The molecule has 3 heteroatoms. The van der Waals surface area contributed by atoms with Crippen LogP contribution in [-0.4, -0.2) is 4.98 Å². The molecule has 0 bridgehead atoms. The first-order valence-electron chi connectivity index (χ1n) is 4.38. The molecule has 1 heterocycles. The number of thiazole rings is 1. The Morgan fingerprint density at radius 1 is 1.36 bits per heavy atom. The van der Waals surface area contributed by atoms with Gasteiger partial charge in [-0.15, -0.1) is 22.9 Å². The molecule has 0 aliphatic carbocycles. The first-order chi connectivity index (χ1) is 6.81. The van der Waals surface area contributed by atoms with Crippen molar-refractivity contribution in [2.24, 2.45) is 0 Å². The Morgan fingerprint density at radius 2 is 2.14 bits per heavy atom. The maximum absolute atomic E-state index is 5.72. The SMILES string of the molecule is Cc1ccccc1-c1cnc(CCl)s1. The summed E-state index contributed by atoms with van der Waals surface area (Å²) in [6.07, 6.45) is 1.89. The Hall–Kier alpha value is -0.860. The summed E-state index contributed by atoms with van der Waals surface area (Å²) < 4.78 is 0. The number of hydrogen-bond acceptors (Lipinski definition) is 2. The highest BCUT2D eigenvalue weighted by molar-refractivity contribution is 7.15. The van der Waals surface area contributed by atoms with Crippen molar-refractivity contribution in [2.45, 2.75) is 12.8 Å². The van der Waals surface area contributed by atoms with Gasteiger partial charge in [0.25, 0.3) is 0 Å². The zero-order valence-electron chi connectivity index (χ0n) is 7.83. The first kappa shape index (κ1) is 9.69. The molecule has 0 unspecified atom stereocenters. The molecule has 72 valence electrons. The molecule has 0 spiro atoms. The van der Waals surface area contributed by atoms with E-state index in [0.29, 0.717) is 5.88 Å². The molecule has 0 aliphatic heterocycles. The summed E-state index contributed by atoms with van der Waals surface area (Å²) in [7, 11) is 0. The first-order valence-corrected chi connectivity index (χ1v) is 5.73. The highest BCUT2D eigenvalue weighted by atomic mass is 35.5. The summed E-state index contributed by atoms with van der Waals surface area (Å²) >= 11 is 7.37. The van der Waals surface area contributed by atoms with Crippen molar-refractivity contribution in [3.05, 3.63) is 41.0 Å². The lowest BCUT2D eigenvalue weighted by atomic mass is 10.1. The van der Waals surface area contributed by atoms with E-state index in [1.165, 1.54) is 16.0 Å². The molecular formula is C11H10ClNS. The van der Waals surface area contributed by atoms with Crippen molar-refractivity contribution in [3.63, 3.8) is 0 Å². The highest BCUT2D eigenvalue weighted by Gasteiger charge is 2.05. The van der Waals surface area contributed by atoms with Gasteiger partial charge in [0.05, 0.1) is 10.8 Å². The third-order valence-electron chi connectivity index (χ3n) is 2.08. The van der Waals surface area contributed by atoms with Crippen LogP contribution in [-0.2, 0) is 5.88 Å². The molecule has 0 atom stereocenters. The summed E-state index contributed by atoms with van der Waals surface area (Å²) in [5, 5.41) is 0.977. The van der Waals surface area contributed by atoms with Crippen molar-refractivity contribution in [1.82, 2.24) is 4.98 Å². The minimum atomic E-state index is 0.497. The van der Waals surface area contributed by atoms with Crippen LogP contribution in [0.25, 0.3) is 10.4 Å². The van der Waals surface area contributed by atoms with E-state index < -0.39 is 0 Å². The fourth-order valence-corrected chi connectivity index (χ4v) is 2.44. The third-order valence-corrected chi connectivity index (χ3v) is 3.52. The molecule has 0 radical (unpaired) electrons. The molecule has 1 aromatic carbocycles. The predicted molar refractivity (Wildman–Crippen MR) is 61.8 cm³/mol. The predicted octanol–water partition coefficient (Wildman–Crippen LogP) is 3.86. The van der Waals surface area contributed by atoms with E-state index in [1.54, 1.807) is 11.3 Å². The van der Waals surface area contributed by atoms with Gasteiger partial charge in [0.1, 0.15) is 5.01 Å². The Bertz CT molecular complexity index is 436. The number of hydrogen-bond donors (Lipinski definition) is 0. The third kappa shape index (κ3) is 1.81. The lowest BCUT2D eigenvalue weighted by molar-refractivity contribution is 1.26. The van der Waals surface area contributed by atoms with E-state index in [-0.39, 0.29) is 0 Å². The van der Waals surface area contributed by atoms with Gasteiger partial charge in [-0.1, -0.05) is 24.3 Å². The van der Waals surface area contributed by atoms with Crippen molar-refractivity contribution in [2.75, 3.05) is 0 Å². The number of benzene rings is 1. The smallest absolute Gasteiger partial charge is 0.108 e. The molecule has 1 nitrogen and oxygen atoms in total. The number of nitrogens with zero attached hydrogens (tertiary/aromatic N) is 1. The van der Waals surface area contributed by atoms with Crippen molar-refractivity contribution < 1.29 is 0 Å². The van der Waals surface area contributed by atoms with Crippen LogP contribution in [0.3, 0.4) is 0 Å². The van der Waals surface area contributed by atoms with Crippen LogP contribution >= 0.6 is 22.9 Å². The minimum Gasteiger partial charge on any atom is -0.248 e. The van der Waals surface area contributed by atoms with Gasteiger partial charge in [-0.25, -0.2) is 4.98 Å². The van der Waals surface area contributed by atoms with Crippen LogP contribution in [0.2, 0.25) is 0 Å². The molecule has 0 saturated heterocycles. The second-order valence-electron chi connectivity index (χ2n) is 3.07. The fraction of sp³-hybridized carbons (Fsp3) is 0.182. The molecule has 0 fully saturated rings. The van der Waals surface area contributed by atoms with E-state index >= 15 is 0 Å². The average molecular weight is 224 g/mol. The fourth-order valence-electron chi connectivity index (χ4n) is 1.35. The Balaban J connectivity index is 2.44. The van der Waals surface area contributed by atoms with Gasteiger partial charge < -0.3 is 0 Å². The molecule has 1 aromatic heterocycles. The summed E-state index contributed by atoms with van der Waals surface area (Å²) in [5.41, 5.74) is 2.53. The minimum absolute atomic E-state index is 0.497. The topological polar surface area (TPSA) is 12.9 Å². The van der Waals surface area contributed by atoms with Crippen LogP contribution in [0.15, 0.2) is 30.5 Å². The van der Waals surface area contributed by atoms with Gasteiger partial charge in [-0.3, -0.25) is 0 Å². The molecule has 0 aliphatic rings. The standard InChI is InChI=1S/C11H10ClNS/c1-8-4-2-3-5-9(8)10-7-13-11(6-12)14-10/h2-5,7H,6H2,1H3. The van der Waals surface area contributed by atoms with Gasteiger partial charge in [0.2, 0.25) is 0 Å². The second-order valence-corrected chi connectivity index (χ2v) is 4.45. The average Bonchev–Trinajstić information content (AvgIpc) is 2.67. The van der Waals surface area contributed by atoms with E-state index in [2.05, 4.69) is 24.0 Å². The van der Waals surface area contributed by atoms with Crippen molar-refractivity contribution in [1.29, 1.82) is 0 Å². The Kier molecular flexibility index (Phi) is 2.85. The molecule has 0 saturated carbocycles. The monoisotopic (exact) mass is 223 g/mol. The van der Waals surface area contributed by atoms with Crippen LogP contribution < -0.4 is 0 Å². The molecule has 2 aromatic rings.